The smallest absolute Gasteiger partial charge is 0.335 e. The number of rotatable bonds is 1. The number of carboxylic acids is 1. The van der Waals surface area contributed by atoms with Crippen LogP contribution in [0.1, 0.15) is 41.6 Å². The van der Waals surface area contributed by atoms with Gasteiger partial charge in [0.05, 0.1) is 17.1 Å². The number of benzene rings is 1. The number of carbonyl (C=O) groups excluding carboxylic acids is 1. The van der Waals surface area contributed by atoms with Crippen molar-refractivity contribution >= 4 is 17.6 Å². The molecule has 0 bridgehead atoms. The number of aliphatic hydroxyl groups excluding tert-OH is 1. The molecule has 1 aromatic rings. The summed E-state index contributed by atoms with van der Waals surface area (Å²) < 4.78 is 0. The average molecular weight is 261 g/mol. The number of anilines is 1. The number of nitrogens with one attached hydrogen (secondary N) is 1. The van der Waals surface area contributed by atoms with Crippen molar-refractivity contribution in [1.29, 1.82) is 0 Å². The van der Waals surface area contributed by atoms with Gasteiger partial charge in [0.1, 0.15) is 0 Å². The minimum absolute atomic E-state index is 0.0723. The zero-order chi connectivity index (χ0) is 13.6. The number of carboxylic acid groups (broad SMARTS) is 1. The van der Waals surface area contributed by atoms with Crippen molar-refractivity contribution in [2.45, 2.75) is 37.2 Å². The molecule has 19 heavy (non-hydrogen) atoms. The molecule has 2 aliphatic rings. The van der Waals surface area contributed by atoms with Crippen LogP contribution in [0, 0.1) is 0 Å². The molecule has 0 radical (unpaired) electrons. The number of hydrogen-bond acceptors (Lipinski definition) is 3. The molecule has 1 aliphatic carbocycles. The molecule has 3 rings (SSSR count). The summed E-state index contributed by atoms with van der Waals surface area (Å²) in [5.74, 6) is -1.06. The van der Waals surface area contributed by atoms with Gasteiger partial charge < -0.3 is 15.5 Å². The number of amides is 1. The Kier molecular flexibility index (Phi) is 2.60. The average Bonchev–Trinajstić information content (AvgIpc) is 2.65. The van der Waals surface area contributed by atoms with E-state index in [1.807, 2.05) is 0 Å². The summed E-state index contributed by atoms with van der Waals surface area (Å²) in [6, 6.07) is 4.74. The topological polar surface area (TPSA) is 86.6 Å². The first kappa shape index (κ1) is 12.2. The van der Waals surface area contributed by atoms with Crippen molar-refractivity contribution in [3.63, 3.8) is 0 Å². The van der Waals surface area contributed by atoms with Gasteiger partial charge >= 0.3 is 5.97 Å². The number of aliphatic hydroxyl groups is 1. The Morgan fingerprint density at radius 1 is 1.32 bits per heavy atom. The zero-order valence-corrected chi connectivity index (χ0v) is 10.3. The van der Waals surface area contributed by atoms with E-state index in [-0.39, 0.29) is 17.6 Å². The van der Waals surface area contributed by atoms with Crippen LogP contribution in [-0.4, -0.2) is 28.2 Å². The van der Waals surface area contributed by atoms with Gasteiger partial charge in [0, 0.05) is 5.69 Å². The van der Waals surface area contributed by atoms with Crippen molar-refractivity contribution in [3.05, 3.63) is 29.3 Å². The van der Waals surface area contributed by atoms with Gasteiger partial charge in [0.15, 0.2) is 0 Å². The van der Waals surface area contributed by atoms with Crippen LogP contribution in [0.25, 0.3) is 0 Å². The van der Waals surface area contributed by atoms with Gasteiger partial charge in [-0.3, -0.25) is 4.79 Å². The fourth-order valence-electron chi connectivity index (χ4n) is 3.14. The molecule has 0 atom stereocenters. The van der Waals surface area contributed by atoms with Gasteiger partial charge in [-0.15, -0.1) is 0 Å². The van der Waals surface area contributed by atoms with Crippen LogP contribution in [0.2, 0.25) is 0 Å². The Labute approximate surface area is 110 Å². The van der Waals surface area contributed by atoms with E-state index >= 15 is 0 Å². The molecular formula is C14H15NO4. The summed E-state index contributed by atoms with van der Waals surface area (Å²) in [4.78, 5) is 23.3. The lowest BCUT2D eigenvalue weighted by Gasteiger charge is -2.33. The fraction of sp³-hybridized carbons (Fsp3) is 0.429. The molecule has 0 aromatic heterocycles. The monoisotopic (exact) mass is 261 g/mol. The molecular weight excluding hydrogens is 246 g/mol. The molecule has 5 heteroatoms. The maximum Gasteiger partial charge on any atom is 0.335 e. The van der Waals surface area contributed by atoms with Crippen molar-refractivity contribution in [3.8, 4) is 0 Å². The standard InChI is InChI=1S/C14H15NO4/c16-9-3-5-14(6-4-9)10-7-8(12(17)18)1-2-11(10)15-13(14)19/h1-2,7,9,16H,3-6H2,(H,15,19)(H,17,18)/t9-,14-. The first-order valence-corrected chi connectivity index (χ1v) is 6.40. The molecule has 1 aromatic carbocycles. The summed E-state index contributed by atoms with van der Waals surface area (Å²) in [6.45, 7) is 0. The summed E-state index contributed by atoms with van der Waals surface area (Å²) in [6.07, 6.45) is 1.92. The van der Waals surface area contributed by atoms with Crippen LogP contribution < -0.4 is 5.32 Å². The van der Waals surface area contributed by atoms with Crippen molar-refractivity contribution in [1.82, 2.24) is 0 Å². The minimum atomic E-state index is -0.992. The first-order chi connectivity index (χ1) is 9.03. The summed E-state index contributed by atoms with van der Waals surface area (Å²) in [5, 5.41) is 21.5. The van der Waals surface area contributed by atoms with Gasteiger partial charge in [0.25, 0.3) is 0 Å². The Morgan fingerprint density at radius 3 is 2.63 bits per heavy atom. The van der Waals surface area contributed by atoms with Gasteiger partial charge in [0.2, 0.25) is 5.91 Å². The van der Waals surface area contributed by atoms with Gasteiger partial charge in [-0.05, 0) is 49.4 Å². The van der Waals surface area contributed by atoms with Gasteiger partial charge in [-0.25, -0.2) is 4.79 Å². The molecule has 1 fully saturated rings. The van der Waals surface area contributed by atoms with Gasteiger partial charge in [-0.2, -0.15) is 0 Å². The largest absolute Gasteiger partial charge is 0.478 e. The highest BCUT2D eigenvalue weighted by Crippen LogP contribution is 2.47. The van der Waals surface area contributed by atoms with E-state index < -0.39 is 11.4 Å². The highest BCUT2D eigenvalue weighted by molar-refractivity contribution is 6.07. The number of fused-ring (bicyclic) bond motifs is 2. The van der Waals surface area contributed by atoms with Crippen molar-refractivity contribution in [2.24, 2.45) is 0 Å². The van der Waals surface area contributed by atoms with Crippen LogP contribution in [0.4, 0.5) is 5.69 Å². The lowest BCUT2D eigenvalue weighted by atomic mass is 9.69. The highest BCUT2D eigenvalue weighted by atomic mass is 16.4. The van der Waals surface area contributed by atoms with E-state index in [2.05, 4.69) is 5.32 Å². The van der Waals surface area contributed by atoms with E-state index in [1.165, 1.54) is 6.07 Å². The van der Waals surface area contributed by atoms with E-state index in [0.29, 0.717) is 31.4 Å². The molecule has 100 valence electrons. The minimum Gasteiger partial charge on any atom is -0.478 e. The van der Waals surface area contributed by atoms with Crippen molar-refractivity contribution < 1.29 is 19.8 Å². The predicted molar refractivity (Wildman–Crippen MR) is 68.2 cm³/mol. The second-order valence-electron chi connectivity index (χ2n) is 5.33. The lowest BCUT2D eigenvalue weighted by molar-refractivity contribution is -0.122. The fourth-order valence-corrected chi connectivity index (χ4v) is 3.14. The first-order valence-electron chi connectivity index (χ1n) is 6.40. The molecule has 0 saturated heterocycles. The molecule has 5 nitrogen and oxygen atoms in total. The van der Waals surface area contributed by atoms with E-state index in [4.69, 9.17) is 5.11 Å². The van der Waals surface area contributed by atoms with Crippen LogP contribution >= 0.6 is 0 Å². The second-order valence-corrected chi connectivity index (χ2v) is 5.33. The predicted octanol–water partition coefficient (Wildman–Crippen LogP) is 1.51. The summed E-state index contributed by atoms with van der Waals surface area (Å²) >= 11 is 0. The zero-order valence-electron chi connectivity index (χ0n) is 10.3. The van der Waals surface area contributed by atoms with Crippen LogP contribution in [-0.2, 0) is 10.2 Å². The quantitative estimate of drug-likeness (QED) is 0.715. The Hall–Kier alpha value is -1.88. The van der Waals surface area contributed by atoms with Crippen LogP contribution in [0.3, 0.4) is 0 Å². The van der Waals surface area contributed by atoms with Crippen LogP contribution in [0.5, 0.6) is 0 Å². The normalized spacial score (nSPS) is 29.1. The lowest BCUT2D eigenvalue weighted by Crippen LogP contribution is -2.39. The second kappa shape index (κ2) is 4.06. The van der Waals surface area contributed by atoms with Gasteiger partial charge in [-0.1, -0.05) is 0 Å². The third-order valence-corrected chi connectivity index (χ3v) is 4.27. The molecule has 1 heterocycles. The molecule has 3 N–H and O–H groups in total. The number of aromatic carboxylic acids is 1. The van der Waals surface area contributed by atoms with E-state index in [9.17, 15) is 14.7 Å². The molecule has 1 amide bonds. The molecule has 1 spiro atoms. The highest BCUT2D eigenvalue weighted by Gasteiger charge is 2.48. The SMILES string of the molecule is O=C(O)c1ccc2c(c1)[C@]1(CC[C@@H](O)CC1)C(=O)N2. The Morgan fingerprint density at radius 2 is 2.00 bits per heavy atom. The third-order valence-electron chi connectivity index (χ3n) is 4.27. The number of carbonyl (C=O) groups is 2. The van der Waals surface area contributed by atoms with Crippen LogP contribution in [0.15, 0.2) is 18.2 Å². The third kappa shape index (κ3) is 1.73. The van der Waals surface area contributed by atoms with E-state index in [1.54, 1.807) is 12.1 Å². The Bertz CT molecular complexity index is 559. The maximum absolute atomic E-state index is 12.3. The Balaban J connectivity index is 2.07. The maximum atomic E-state index is 12.3. The summed E-state index contributed by atoms with van der Waals surface area (Å²) in [5.41, 5.74) is 1.01. The van der Waals surface area contributed by atoms with E-state index in [0.717, 1.165) is 5.56 Å². The molecule has 1 saturated carbocycles. The van der Waals surface area contributed by atoms with Crippen molar-refractivity contribution in [2.75, 3.05) is 5.32 Å². The number of hydrogen-bond donors (Lipinski definition) is 3. The summed E-state index contributed by atoms with van der Waals surface area (Å²) in [7, 11) is 0. The molecule has 1 aliphatic heterocycles. The molecule has 0 unspecified atom stereocenters.